The van der Waals surface area contributed by atoms with Gasteiger partial charge in [-0.2, -0.15) is 0 Å². The van der Waals surface area contributed by atoms with E-state index in [2.05, 4.69) is 5.32 Å². The molecular formula is C15H22N2O2. The summed E-state index contributed by atoms with van der Waals surface area (Å²) in [5.41, 5.74) is 2.15. The Morgan fingerprint density at radius 3 is 2.74 bits per heavy atom. The van der Waals surface area contributed by atoms with E-state index in [9.17, 15) is 4.79 Å². The van der Waals surface area contributed by atoms with Crippen molar-refractivity contribution in [3.05, 3.63) is 29.3 Å². The molecule has 0 aliphatic carbocycles. The summed E-state index contributed by atoms with van der Waals surface area (Å²) in [5.74, 6) is 1.12. The van der Waals surface area contributed by atoms with Gasteiger partial charge < -0.3 is 15.0 Å². The standard InChI is InChI=1S/C15H22N2O2/c1-3-19-14-5-4-13(10-12(14)2)11-15(18)17-8-6-16-7-9-17/h4-5,10,16H,3,6-9,11H2,1-2H3. The average molecular weight is 262 g/mol. The highest BCUT2D eigenvalue weighted by molar-refractivity contribution is 5.79. The van der Waals surface area contributed by atoms with Crippen molar-refractivity contribution in [3.63, 3.8) is 0 Å². The number of aryl methyl sites for hydroxylation is 1. The van der Waals surface area contributed by atoms with Gasteiger partial charge in [0.25, 0.3) is 0 Å². The maximum absolute atomic E-state index is 12.2. The molecule has 0 spiro atoms. The molecule has 1 aliphatic heterocycles. The Bertz CT molecular complexity index is 440. The second-order valence-electron chi connectivity index (χ2n) is 4.84. The Labute approximate surface area is 114 Å². The quantitative estimate of drug-likeness (QED) is 0.891. The Balaban J connectivity index is 1.98. The molecule has 2 rings (SSSR count). The summed E-state index contributed by atoms with van der Waals surface area (Å²) < 4.78 is 5.51. The van der Waals surface area contributed by atoms with Crippen LogP contribution in [0, 0.1) is 6.92 Å². The largest absolute Gasteiger partial charge is 0.494 e. The van der Waals surface area contributed by atoms with Gasteiger partial charge in [-0.3, -0.25) is 4.79 Å². The fourth-order valence-electron chi connectivity index (χ4n) is 2.34. The molecule has 0 saturated carbocycles. The lowest BCUT2D eigenvalue weighted by molar-refractivity contribution is -0.131. The van der Waals surface area contributed by atoms with Crippen LogP contribution in [-0.4, -0.2) is 43.6 Å². The molecule has 19 heavy (non-hydrogen) atoms. The number of carbonyl (C=O) groups excluding carboxylic acids is 1. The van der Waals surface area contributed by atoms with Crippen LogP contribution in [0.2, 0.25) is 0 Å². The van der Waals surface area contributed by atoms with Gasteiger partial charge in [-0.05, 0) is 31.0 Å². The second-order valence-corrected chi connectivity index (χ2v) is 4.84. The Morgan fingerprint density at radius 2 is 2.11 bits per heavy atom. The number of piperazine rings is 1. The summed E-state index contributed by atoms with van der Waals surface area (Å²) in [6.07, 6.45) is 0.479. The number of ether oxygens (including phenoxy) is 1. The molecule has 1 N–H and O–H groups in total. The van der Waals surface area contributed by atoms with E-state index < -0.39 is 0 Å². The molecule has 104 valence electrons. The topological polar surface area (TPSA) is 41.6 Å². The first-order chi connectivity index (χ1) is 9.20. The smallest absolute Gasteiger partial charge is 0.227 e. The van der Waals surface area contributed by atoms with Crippen molar-refractivity contribution in [1.29, 1.82) is 0 Å². The van der Waals surface area contributed by atoms with Crippen LogP contribution >= 0.6 is 0 Å². The van der Waals surface area contributed by atoms with Gasteiger partial charge in [0, 0.05) is 26.2 Å². The van der Waals surface area contributed by atoms with Crippen LogP contribution < -0.4 is 10.1 Å². The molecular weight excluding hydrogens is 240 g/mol. The average Bonchev–Trinajstić information content (AvgIpc) is 2.43. The molecule has 1 aromatic rings. The molecule has 4 nitrogen and oxygen atoms in total. The van der Waals surface area contributed by atoms with Crippen molar-refractivity contribution >= 4 is 5.91 Å². The third-order valence-corrected chi connectivity index (χ3v) is 3.36. The van der Waals surface area contributed by atoms with E-state index in [4.69, 9.17) is 4.74 Å². The van der Waals surface area contributed by atoms with E-state index in [1.807, 2.05) is 36.9 Å². The monoisotopic (exact) mass is 262 g/mol. The van der Waals surface area contributed by atoms with Crippen molar-refractivity contribution < 1.29 is 9.53 Å². The maximum atomic E-state index is 12.2. The first-order valence-corrected chi connectivity index (χ1v) is 6.91. The second kappa shape index (κ2) is 6.57. The lowest BCUT2D eigenvalue weighted by Gasteiger charge is -2.27. The summed E-state index contributed by atoms with van der Waals surface area (Å²) in [6, 6.07) is 5.99. The molecule has 0 atom stereocenters. The van der Waals surface area contributed by atoms with Crippen LogP contribution in [0.1, 0.15) is 18.1 Å². The fraction of sp³-hybridized carbons (Fsp3) is 0.533. The highest BCUT2D eigenvalue weighted by atomic mass is 16.5. The fourth-order valence-corrected chi connectivity index (χ4v) is 2.34. The number of amides is 1. The summed E-state index contributed by atoms with van der Waals surface area (Å²) in [4.78, 5) is 14.1. The van der Waals surface area contributed by atoms with Gasteiger partial charge in [-0.15, -0.1) is 0 Å². The van der Waals surface area contributed by atoms with Gasteiger partial charge >= 0.3 is 0 Å². The predicted molar refractivity (Wildman–Crippen MR) is 75.5 cm³/mol. The summed E-state index contributed by atoms with van der Waals surface area (Å²) in [5, 5.41) is 3.25. The minimum absolute atomic E-state index is 0.213. The van der Waals surface area contributed by atoms with Crippen molar-refractivity contribution in [3.8, 4) is 5.75 Å². The lowest BCUT2D eigenvalue weighted by atomic mass is 10.1. The van der Waals surface area contributed by atoms with Gasteiger partial charge in [-0.1, -0.05) is 12.1 Å². The highest BCUT2D eigenvalue weighted by Crippen LogP contribution is 2.19. The van der Waals surface area contributed by atoms with Crippen LogP contribution in [0.25, 0.3) is 0 Å². The minimum atomic E-state index is 0.213. The summed E-state index contributed by atoms with van der Waals surface area (Å²) in [7, 11) is 0. The van der Waals surface area contributed by atoms with Crippen LogP contribution in [0.3, 0.4) is 0 Å². The molecule has 1 amide bonds. The van der Waals surface area contributed by atoms with Crippen LogP contribution in [0.15, 0.2) is 18.2 Å². The van der Waals surface area contributed by atoms with E-state index in [0.29, 0.717) is 13.0 Å². The van der Waals surface area contributed by atoms with E-state index >= 15 is 0 Å². The zero-order valence-corrected chi connectivity index (χ0v) is 11.7. The van der Waals surface area contributed by atoms with Crippen molar-refractivity contribution in [1.82, 2.24) is 10.2 Å². The number of rotatable bonds is 4. The molecule has 1 aromatic carbocycles. The molecule has 4 heteroatoms. The molecule has 1 heterocycles. The summed E-state index contributed by atoms with van der Waals surface area (Å²) in [6.45, 7) is 8.08. The summed E-state index contributed by atoms with van der Waals surface area (Å²) >= 11 is 0. The van der Waals surface area contributed by atoms with E-state index in [1.54, 1.807) is 0 Å². The Hall–Kier alpha value is -1.55. The van der Waals surface area contributed by atoms with E-state index in [-0.39, 0.29) is 5.91 Å². The molecule has 1 saturated heterocycles. The first-order valence-electron chi connectivity index (χ1n) is 6.91. The number of carbonyl (C=O) groups is 1. The number of hydrogen-bond donors (Lipinski definition) is 1. The maximum Gasteiger partial charge on any atom is 0.227 e. The zero-order chi connectivity index (χ0) is 13.7. The third kappa shape index (κ3) is 3.70. The SMILES string of the molecule is CCOc1ccc(CC(=O)N2CCNCC2)cc1C. The van der Waals surface area contributed by atoms with Gasteiger partial charge in [0.1, 0.15) is 5.75 Å². The van der Waals surface area contributed by atoms with E-state index in [1.165, 1.54) is 0 Å². The number of nitrogens with zero attached hydrogens (tertiary/aromatic N) is 1. The number of benzene rings is 1. The molecule has 0 unspecified atom stereocenters. The molecule has 0 aromatic heterocycles. The first kappa shape index (κ1) is 13.9. The lowest BCUT2D eigenvalue weighted by Crippen LogP contribution is -2.46. The molecule has 0 radical (unpaired) electrons. The van der Waals surface area contributed by atoms with Gasteiger partial charge in [0.2, 0.25) is 5.91 Å². The van der Waals surface area contributed by atoms with Gasteiger partial charge in [0.15, 0.2) is 0 Å². The van der Waals surface area contributed by atoms with Crippen molar-refractivity contribution in [2.24, 2.45) is 0 Å². The molecule has 0 bridgehead atoms. The molecule has 1 fully saturated rings. The number of nitrogens with one attached hydrogen (secondary N) is 1. The van der Waals surface area contributed by atoms with Gasteiger partial charge in [-0.25, -0.2) is 0 Å². The van der Waals surface area contributed by atoms with E-state index in [0.717, 1.165) is 43.1 Å². The minimum Gasteiger partial charge on any atom is -0.494 e. The Kier molecular flexibility index (Phi) is 4.80. The Morgan fingerprint density at radius 1 is 1.37 bits per heavy atom. The van der Waals surface area contributed by atoms with Crippen LogP contribution in [0.5, 0.6) is 5.75 Å². The predicted octanol–water partition coefficient (Wildman–Crippen LogP) is 1.37. The zero-order valence-electron chi connectivity index (χ0n) is 11.7. The number of hydrogen-bond acceptors (Lipinski definition) is 3. The molecule has 1 aliphatic rings. The highest BCUT2D eigenvalue weighted by Gasteiger charge is 2.16. The normalized spacial score (nSPS) is 15.4. The third-order valence-electron chi connectivity index (χ3n) is 3.36. The van der Waals surface area contributed by atoms with Crippen LogP contribution in [-0.2, 0) is 11.2 Å². The van der Waals surface area contributed by atoms with Crippen LogP contribution in [0.4, 0.5) is 0 Å². The van der Waals surface area contributed by atoms with Crippen molar-refractivity contribution in [2.45, 2.75) is 20.3 Å². The van der Waals surface area contributed by atoms with Gasteiger partial charge in [0.05, 0.1) is 13.0 Å². The van der Waals surface area contributed by atoms with Crippen molar-refractivity contribution in [2.75, 3.05) is 32.8 Å².